The number of hydrogen-bond acceptors (Lipinski definition) is 5. The Hall–Kier alpha value is -3.53. The predicted molar refractivity (Wildman–Crippen MR) is 105 cm³/mol. The van der Waals surface area contributed by atoms with Crippen molar-refractivity contribution in [1.82, 2.24) is 19.3 Å². The molecule has 7 nitrogen and oxygen atoms in total. The molecule has 0 unspecified atom stereocenters. The number of methoxy groups -OCH3 is 1. The summed E-state index contributed by atoms with van der Waals surface area (Å²) in [6, 6.07) is 6.20. The summed E-state index contributed by atoms with van der Waals surface area (Å²) in [5.74, 6) is 1.16. The maximum Gasteiger partial charge on any atom is 0.159 e. The molecule has 4 aromatic rings. The predicted octanol–water partition coefficient (Wildman–Crippen LogP) is 3.30. The molecule has 1 aromatic carbocycles. The highest BCUT2D eigenvalue weighted by molar-refractivity contribution is 6.09. The Morgan fingerprint density at radius 1 is 1.22 bits per heavy atom. The number of nitrogens with two attached hydrogens (primary N) is 1. The van der Waals surface area contributed by atoms with Gasteiger partial charge in [-0.05, 0) is 32.4 Å². The van der Waals surface area contributed by atoms with E-state index in [1.165, 1.54) is 0 Å². The van der Waals surface area contributed by atoms with Gasteiger partial charge in [-0.15, -0.1) is 0 Å². The first-order valence-corrected chi connectivity index (χ1v) is 8.57. The number of nitrogens with zero attached hydrogens (tertiary/aromatic N) is 5. The molecule has 3 heterocycles. The molecule has 0 aliphatic heterocycles. The van der Waals surface area contributed by atoms with Crippen LogP contribution in [0.1, 0.15) is 22.4 Å². The maximum atomic E-state index is 9.80. The molecule has 136 valence electrons. The maximum absolute atomic E-state index is 9.80. The van der Waals surface area contributed by atoms with Gasteiger partial charge in [0.15, 0.2) is 5.65 Å². The van der Waals surface area contributed by atoms with Crippen LogP contribution in [-0.4, -0.2) is 26.4 Å². The molecule has 2 N–H and O–H groups in total. The lowest BCUT2D eigenvalue weighted by atomic mass is 10.1. The average Bonchev–Trinajstić information content (AvgIpc) is 3.14. The van der Waals surface area contributed by atoms with Crippen molar-refractivity contribution in [2.45, 2.75) is 20.8 Å². The number of nitriles is 1. The molecular weight excluding hydrogens is 340 g/mol. The van der Waals surface area contributed by atoms with Gasteiger partial charge in [-0.3, -0.25) is 9.25 Å². The summed E-state index contributed by atoms with van der Waals surface area (Å²) in [6.45, 7) is 5.91. The van der Waals surface area contributed by atoms with Crippen molar-refractivity contribution >= 4 is 27.8 Å². The van der Waals surface area contributed by atoms with Gasteiger partial charge in [0.05, 0.1) is 35.6 Å². The Kier molecular flexibility index (Phi) is 3.60. The minimum Gasteiger partial charge on any atom is -0.496 e. The molecule has 0 aliphatic carbocycles. The Bertz CT molecular complexity index is 1270. The van der Waals surface area contributed by atoms with Crippen molar-refractivity contribution in [2.75, 3.05) is 12.8 Å². The standard InChI is InChI=1S/C20H20N6O/c1-10-6-7-15(27-5)11(2)17(10)26-18-14-9-23-25(4)20(14)24-12(3)16(18)13(8-21)19(26)22/h6-7,9H,22H2,1-5H3. The number of pyridine rings is 1. The van der Waals surface area contributed by atoms with Gasteiger partial charge in [-0.25, -0.2) is 4.98 Å². The second-order valence-electron chi connectivity index (χ2n) is 6.69. The van der Waals surface area contributed by atoms with E-state index < -0.39 is 0 Å². The third-order valence-corrected chi connectivity index (χ3v) is 5.14. The van der Waals surface area contributed by atoms with Crippen molar-refractivity contribution in [3.63, 3.8) is 0 Å². The van der Waals surface area contributed by atoms with Gasteiger partial charge in [-0.1, -0.05) is 6.07 Å². The van der Waals surface area contributed by atoms with Crippen molar-refractivity contribution in [3.8, 4) is 17.5 Å². The number of nitrogen functional groups attached to an aromatic ring is 1. The monoisotopic (exact) mass is 360 g/mol. The number of aryl methyl sites for hydroxylation is 3. The molecule has 0 spiro atoms. The van der Waals surface area contributed by atoms with E-state index in [0.29, 0.717) is 11.4 Å². The van der Waals surface area contributed by atoms with E-state index in [0.717, 1.165) is 50.2 Å². The Morgan fingerprint density at radius 2 is 1.96 bits per heavy atom. The largest absolute Gasteiger partial charge is 0.496 e. The van der Waals surface area contributed by atoms with Gasteiger partial charge in [0, 0.05) is 18.0 Å². The Morgan fingerprint density at radius 3 is 2.63 bits per heavy atom. The fourth-order valence-electron chi connectivity index (χ4n) is 3.87. The molecular formula is C20H20N6O. The fourth-order valence-corrected chi connectivity index (χ4v) is 3.87. The molecule has 0 atom stereocenters. The topological polar surface area (TPSA) is 94.7 Å². The van der Waals surface area contributed by atoms with Crippen molar-refractivity contribution < 1.29 is 4.74 Å². The van der Waals surface area contributed by atoms with E-state index in [1.54, 1.807) is 18.0 Å². The summed E-state index contributed by atoms with van der Waals surface area (Å²) in [7, 11) is 3.50. The smallest absolute Gasteiger partial charge is 0.159 e. The number of ether oxygens (including phenoxy) is 1. The fraction of sp³-hybridized carbons (Fsp3) is 0.250. The average molecular weight is 360 g/mol. The van der Waals surface area contributed by atoms with Crippen molar-refractivity contribution in [1.29, 1.82) is 5.26 Å². The van der Waals surface area contributed by atoms with Crippen LogP contribution in [0.4, 0.5) is 5.82 Å². The summed E-state index contributed by atoms with van der Waals surface area (Å²) >= 11 is 0. The molecule has 0 saturated heterocycles. The summed E-state index contributed by atoms with van der Waals surface area (Å²) < 4.78 is 9.19. The molecule has 0 radical (unpaired) electrons. The molecule has 0 saturated carbocycles. The molecule has 0 bridgehead atoms. The second-order valence-corrected chi connectivity index (χ2v) is 6.69. The van der Waals surface area contributed by atoms with Crippen LogP contribution in [0, 0.1) is 32.1 Å². The van der Waals surface area contributed by atoms with Crippen LogP contribution < -0.4 is 10.5 Å². The van der Waals surface area contributed by atoms with Crippen LogP contribution in [0.15, 0.2) is 18.3 Å². The highest BCUT2D eigenvalue weighted by Crippen LogP contribution is 2.39. The summed E-state index contributed by atoms with van der Waals surface area (Å²) in [5.41, 5.74) is 12.2. The van der Waals surface area contributed by atoms with E-state index >= 15 is 0 Å². The van der Waals surface area contributed by atoms with E-state index in [1.807, 2.05) is 44.5 Å². The van der Waals surface area contributed by atoms with Crippen LogP contribution in [0.5, 0.6) is 5.75 Å². The highest BCUT2D eigenvalue weighted by atomic mass is 16.5. The molecule has 0 amide bonds. The third-order valence-electron chi connectivity index (χ3n) is 5.14. The van der Waals surface area contributed by atoms with Crippen LogP contribution in [-0.2, 0) is 7.05 Å². The second kappa shape index (κ2) is 5.74. The first-order chi connectivity index (χ1) is 12.9. The molecule has 7 heteroatoms. The zero-order valence-electron chi connectivity index (χ0n) is 16.0. The number of fused-ring (bicyclic) bond motifs is 3. The highest BCUT2D eigenvalue weighted by Gasteiger charge is 2.24. The van der Waals surface area contributed by atoms with Crippen LogP contribution >= 0.6 is 0 Å². The zero-order valence-corrected chi connectivity index (χ0v) is 16.0. The zero-order chi connectivity index (χ0) is 19.5. The number of aromatic nitrogens is 4. The van der Waals surface area contributed by atoms with Gasteiger partial charge >= 0.3 is 0 Å². The number of rotatable bonds is 2. The lowest BCUT2D eigenvalue weighted by Gasteiger charge is -2.17. The summed E-state index contributed by atoms with van der Waals surface area (Å²) in [5, 5.41) is 15.8. The Balaban J connectivity index is 2.31. The SMILES string of the molecule is COc1ccc(C)c(-n2c(N)c(C#N)c3c(C)nc4c(cnn4C)c32)c1C. The number of benzene rings is 1. The number of anilines is 1. The first kappa shape index (κ1) is 16.9. The van der Waals surface area contributed by atoms with Gasteiger partial charge in [-0.2, -0.15) is 10.4 Å². The van der Waals surface area contributed by atoms with Gasteiger partial charge in [0.25, 0.3) is 0 Å². The van der Waals surface area contributed by atoms with Crippen LogP contribution in [0.25, 0.3) is 27.6 Å². The lowest BCUT2D eigenvalue weighted by molar-refractivity contribution is 0.411. The van der Waals surface area contributed by atoms with E-state index in [9.17, 15) is 5.26 Å². The van der Waals surface area contributed by atoms with Gasteiger partial charge in [0.2, 0.25) is 0 Å². The molecule has 27 heavy (non-hydrogen) atoms. The minimum absolute atomic E-state index is 0.396. The first-order valence-electron chi connectivity index (χ1n) is 8.57. The normalized spacial score (nSPS) is 11.3. The van der Waals surface area contributed by atoms with Crippen molar-refractivity contribution in [3.05, 3.63) is 40.7 Å². The van der Waals surface area contributed by atoms with Crippen LogP contribution in [0.3, 0.4) is 0 Å². The van der Waals surface area contributed by atoms with Crippen LogP contribution in [0.2, 0.25) is 0 Å². The van der Waals surface area contributed by atoms with E-state index in [2.05, 4.69) is 16.2 Å². The molecule has 3 aromatic heterocycles. The minimum atomic E-state index is 0.396. The third kappa shape index (κ3) is 2.13. The Labute approximate surface area is 156 Å². The molecule has 0 aliphatic rings. The number of hydrogen-bond donors (Lipinski definition) is 1. The summed E-state index contributed by atoms with van der Waals surface area (Å²) in [6.07, 6.45) is 1.77. The van der Waals surface area contributed by atoms with Crippen molar-refractivity contribution in [2.24, 2.45) is 7.05 Å². The molecule has 0 fully saturated rings. The van der Waals surface area contributed by atoms with E-state index in [-0.39, 0.29) is 0 Å². The lowest BCUT2D eigenvalue weighted by Crippen LogP contribution is -2.06. The van der Waals surface area contributed by atoms with E-state index in [4.69, 9.17) is 10.5 Å². The molecule has 4 rings (SSSR count). The quantitative estimate of drug-likeness (QED) is 0.592. The van der Waals surface area contributed by atoms with Gasteiger partial charge in [0.1, 0.15) is 23.2 Å². The van der Waals surface area contributed by atoms with Gasteiger partial charge < -0.3 is 10.5 Å². The summed E-state index contributed by atoms with van der Waals surface area (Å²) in [4.78, 5) is 4.65.